The molecule has 20 heavy (non-hydrogen) atoms. The number of benzene rings is 1. The fourth-order valence-electron chi connectivity index (χ4n) is 1.82. The molecule has 0 saturated heterocycles. The smallest absolute Gasteiger partial charge is 0.204 e. The predicted molar refractivity (Wildman–Crippen MR) is 86.0 cm³/mol. The molecular formula is C15H14Cl2N2O. The Balaban J connectivity index is 2.48. The van der Waals surface area contributed by atoms with E-state index >= 15 is 0 Å². The molecule has 0 unspecified atom stereocenters. The zero-order valence-electron chi connectivity index (χ0n) is 11.2. The van der Waals surface area contributed by atoms with Gasteiger partial charge in [-0.25, -0.2) is 0 Å². The second-order valence-electron chi connectivity index (χ2n) is 4.66. The van der Waals surface area contributed by atoms with Crippen molar-refractivity contribution in [3.8, 4) is 0 Å². The molecule has 1 aliphatic rings. The SMILES string of the molecule is CN(C)c1ccc(N)c(C=C2C=C(Cl)C=C(Cl)C2=O)c1. The van der Waals surface area contributed by atoms with Gasteiger partial charge in [-0.05, 0) is 36.4 Å². The summed E-state index contributed by atoms with van der Waals surface area (Å²) in [6.07, 6.45) is 4.71. The van der Waals surface area contributed by atoms with E-state index in [4.69, 9.17) is 28.9 Å². The second-order valence-corrected chi connectivity index (χ2v) is 5.50. The number of halogens is 2. The number of hydrogen-bond donors (Lipinski definition) is 1. The van der Waals surface area contributed by atoms with Crippen molar-refractivity contribution >= 4 is 46.4 Å². The molecule has 0 aliphatic heterocycles. The third-order valence-electron chi connectivity index (χ3n) is 2.93. The topological polar surface area (TPSA) is 46.3 Å². The average molecular weight is 309 g/mol. The van der Waals surface area contributed by atoms with Crippen LogP contribution in [0.3, 0.4) is 0 Å². The van der Waals surface area contributed by atoms with Crippen LogP contribution in [0.4, 0.5) is 11.4 Å². The summed E-state index contributed by atoms with van der Waals surface area (Å²) in [6, 6.07) is 5.62. The summed E-state index contributed by atoms with van der Waals surface area (Å²) >= 11 is 11.8. The highest BCUT2D eigenvalue weighted by atomic mass is 35.5. The Hall–Kier alpha value is -1.71. The Labute approximate surface area is 128 Å². The van der Waals surface area contributed by atoms with Crippen molar-refractivity contribution in [1.29, 1.82) is 0 Å². The fraction of sp³-hybridized carbons (Fsp3) is 0.133. The molecule has 3 nitrogen and oxygen atoms in total. The van der Waals surface area contributed by atoms with E-state index < -0.39 is 0 Å². The van der Waals surface area contributed by atoms with E-state index in [0.29, 0.717) is 16.3 Å². The summed E-state index contributed by atoms with van der Waals surface area (Å²) in [4.78, 5) is 13.9. The predicted octanol–water partition coefficient (Wildman–Crippen LogP) is 3.55. The zero-order valence-corrected chi connectivity index (χ0v) is 12.7. The molecule has 0 aromatic heterocycles. The van der Waals surface area contributed by atoms with Gasteiger partial charge >= 0.3 is 0 Å². The van der Waals surface area contributed by atoms with E-state index in [1.807, 2.05) is 31.1 Å². The van der Waals surface area contributed by atoms with Gasteiger partial charge in [-0.1, -0.05) is 23.2 Å². The van der Waals surface area contributed by atoms with Crippen molar-refractivity contribution in [3.05, 3.63) is 51.6 Å². The molecule has 104 valence electrons. The highest BCUT2D eigenvalue weighted by molar-refractivity contribution is 6.48. The molecule has 2 N–H and O–H groups in total. The number of nitrogens with zero attached hydrogens (tertiary/aromatic N) is 1. The van der Waals surface area contributed by atoms with Crippen LogP contribution in [-0.4, -0.2) is 19.9 Å². The number of Topliss-reactive ketones (excluding diaryl/α,β-unsaturated/α-hetero) is 1. The van der Waals surface area contributed by atoms with Crippen molar-refractivity contribution < 1.29 is 4.79 Å². The van der Waals surface area contributed by atoms with Gasteiger partial charge < -0.3 is 10.6 Å². The monoisotopic (exact) mass is 308 g/mol. The maximum absolute atomic E-state index is 12.0. The number of nitrogens with two attached hydrogens (primary N) is 1. The quantitative estimate of drug-likeness (QED) is 0.671. The summed E-state index contributed by atoms with van der Waals surface area (Å²) in [5, 5.41) is 0.522. The number of hydrogen-bond acceptors (Lipinski definition) is 3. The van der Waals surface area contributed by atoms with Gasteiger partial charge in [0.05, 0.1) is 5.03 Å². The van der Waals surface area contributed by atoms with Crippen molar-refractivity contribution in [2.24, 2.45) is 0 Å². The molecule has 1 aliphatic carbocycles. The van der Waals surface area contributed by atoms with Crippen LogP contribution in [0.1, 0.15) is 5.56 Å². The van der Waals surface area contributed by atoms with E-state index in [1.54, 1.807) is 18.2 Å². The number of carbonyl (C=O) groups is 1. The molecule has 0 spiro atoms. The van der Waals surface area contributed by atoms with Crippen LogP contribution in [0.2, 0.25) is 0 Å². The molecule has 1 aromatic rings. The van der Waals surface area contributed by atoms with E-state index in [1.165, 1.54) is 6.08 Å². The number of ketones is 1. The second kappa shape index (κ2) is 5.73. The van der Waals surface area contributed by atoms with E-state index in [-0.39, 0.29) is 10.8 Å². The van der Waals surface area contributed by atoms with Crippen LogP contribution in [0.5, 0.6) is 0 Å². The van der Waals surface area contributed by atoms with Crippen molar-refractivity contribution in [1.82, 2.24) is 0 Å². The summed E-state index contributed by atoms with van der Waals surface area (Å²) in [7, 11) is 3.87. The number of anilines is 2. The van der Waals surface area contributed by atoms with Crippen LogP contribution >= 0.6 is 23.2 Å². The minimum atomic E-state index is -0.259. The fourth-order valence-corrected chi connectivity index (χ4v) is 2.33. The molecule has 0 radical (unpaired) electrons. The molecule has 0 fully saturated rings. The number of carbonyl (C=O) groups excluding carboxylic acids is 1. The van der Waals surface area contributed by atoms with Crippen molar-refractivity contribution in [2.45, 2.75) is 0 Å². The molecule has 0 amide bonds. The van der Waals surface area contributed by atoms with E-state index in [9.17, 15) is 4.79 Å². The Morgan fingerprint density at radius 2 is 1.90 bits per heavy atom. The van der Waals surface area contributed by atoms with Gasteiger partial charge in [-0.15, -0.1) is 0 Å². The normalized spacial score (nSPS) is 17.0. The lowest BCUT2D eigenvalue weighted by atomic mass is 10.0. The molecule has 0 saturated carbocycles. The van der Waals surface area contributed by atoms with Gasteiger partial charge in [0.1, 0.15) is 0 Å². The molecule has 0 atom stereocenters. The van der Waals surface area contributed by atoms with E-state index in [2.05, 4.69) is 0 Å². The van der Waals surface area contributed by atoms with E-state index in [0.717, 1.165) is 11.3 Å². The van der Waals surface area contributed by atoms with Crippen LogP contribution in [-0.2, 0) is 4.79 Å². The van der Waals surface area contributed by atoms with Crippen molar-refractivity contribution in [3.63, 3.8) is 0 Å². The molecule has 2 rings (SSSR count). The maximum atomic E-state index is 12.0. The number of rotatable bonds is 2. The molecule has 0 bridgehead atoms. The Morgan fingerprint density at radius 3 is 2.55 bits per heavy atom. The van der Waals surface area contributed by atoms with Gasteiger partial charge in [-0.2, -0.15) is 0 Å². The van der Waals surface area contributed by atoms with Crippen LogP contribution in [0.25, 0.3) is 6.08 Å². The third-order valence-corrected chi connectivity index (χ3v) is 3.43. The lowest BCUT2D eigenvalue weighted by Gasteiger charge is -2.14. The highest BCUT2D eigenvalue weighted by Crippen LogP contribution is 2.28. The minimum Gasteiger partial charge on any atom is -0.398 e. The first kappa shape index (κ1) is 14.7. The van der Waals surface area contributed by atoms with Gasteiger partial charge in [0.25, 0.3) is 0 Å². The first-order chi connectivity index (χ1) is 9.38. The minimum absolute atomic E-state index is 0.103. The molecule has 1 aromatic carbocycles. The van der Waals surface area contributed by atoms with Gasteiger partial charge in [-0.3, -0.25) is 4.79 Å². The molecular weight excluding hydrogens is 295 g/mol. The number of nitrogen functional groups attached to an aromatic ring is 1. The summed E-state index contributed by atoms with van der Waals surface area (Å²) in [5.41, 5.74) is 8.70. The lowest BCUT2D eigenvalue weighted by Crippen LogP contribution is -2.09. The largest absolute Gasteiger partial charge is 0.398 e. The average Bonchev–Trinajstić information content (AvgIpc) is 2.37. The van der Waals surface area contributed by atoms with Gasteiger partial charge in [0, 0.05) is 41.6 Å². The van der Waals surface area contributed by atoms with Gasteiger partial charge in [0.15, 0.2) is 0 Å². The molecule has 5 heteroatoms. The van der Waals surface area contributed by atoms with Crippen LogP contribution < -0.4 is 10.6 Å². The summed E-state index contributed by atoms with van der Waals surface area (Å²) in [5.74, 6) is -0.259. The first-order valence-corrected chi connectivity index (χ1v) is 6.71. The van der Waals surface area contributed by atoms with Crippen LogP contribution in [0.15, 0.2) is 46.0 Å². The standard InChI is InChI=1S/C15H14Cl2N2O/c1-19(2)12-3-4-14(18)9(7-12)5-10-6-11(16)8-13(17)15(10)20/h3-8H,18H2,1-2H3. The Morgan fingerprint density at radius 1 is 1.20 bits per heavy atom. The Bertz CT molecular complexity index is 658. The van der Waals surface area contributed by atoms with Gasteiger partial charge in [0.2, 0.25) is 5.78 Å². The highest BCUT2D eigenvalue weighted by Gasteiger charge is 2.17. The Kier molecular flexibility index (Phi) is 4.21. The maximum Gasteiger partial charge on any atom is 0.204 e. The lowest BCUT2D eigenvalue weighted by molar-refractivity contribution is -0.111. The van der Waals surface area contributed by atoms with Crippen molar-refractivity contribution in [2.75, 3.05) is 24.7 Å². The third kappa shape index (κ3) is 3.06. The first-order valence-electron chi connectivity index (χ1n) is 5.96. The van der Waals surface area contributed by atoms with Crippen LogP contribution in [0, 0.1) is 0 Å². The molecule has 0 heterocycles. The number of allylic oxidation sites excluding steroid dienone is 5. The summed E-state index contributed by atoms with van der Waals surface area (Å²) in [6.45, 7) is 0. The zero-order chi connectivity index (χ0) is 14.9. The summed E-state index contributed by atoms with van der Waals surface area (Å²) < 4.78 is 0.